The van der Waals surface area contributed by atoms with E-state index < -0.39 is 0 Å². The zero-order valence-electron chi connectivity index (χ0n) is 11.2. The van der Waals surface area contributed by atoms with Gasteiger partial charge in [-0.05, 0) is 31.2 Å². The summed E-state index contributed by atoms with van der Waals surface area (Å²) >= 11 is 0. The maximum atomic E-state index is 13.1. The van der Waals surface area contributed by atoms with Crippen molar-refractivity contribution in [1.82, 2.24) is 4.98 Å². The minimum atomic E-state index is -0.307. The van der Waals surface area contributed by atoms with E-state index >= 15 is 0 Å². The highest BCUT2D eigenvalue weighted by molar-refractivity contribution is 5.72. The summed E-state index contributed by atoms with van der Waals surface area (Å²) in [6.45, 7) is 2.78. The van der Waals surface area contributed by atoms with Crippen molar-refractivity contribution in [2.45, 2.75) is 13.3 Å². The average molecular weight is 270 g/mol. The molecule has 20 heavy (non-hydrogen) atoms. The number of fused-ring (bicyclic) bond motifs is 1. The molecule has 1 heterocycles. The number of nitrogens with one attached hydrogen (secondary N) is 1. The molecule has 0 unspecified atom stereocenters. The van der Waals surface area contributed by atoms with Crippen molar-refractivity contribution in [3.05, 3.63) is 59.7 Å². The third-order valence-electron chi connectivity index (χ3n) is 3.11. The Morgan fingerprint density at radius 2 is 1.95 bits per heavy atom. The summed E-state index contributed by atoms with van der Waals surface area (Å²) in [5, 5.41) is 3.30. The first-order valence-corrected chi connectivity index (χ1v) is 6.56. The summed E-state index contributed by atoms with van der Waals surface area (Å²) < 4.78 is 18.6. The smallest absolute Gasteiger partial charge is 0.197 e. The Morgan fingerprint density at radius 1 is 1.15 bits per heavy atom. The van der Waals surface area contributed by atoms with E-state index in [9.17, 15) is 4.39 Å². The largest absolute Gasteiger partial charge is 0.441 e. The van der Waals surface area contributed by atoms with Gasteiger partial charge in [-0.25, -0.2) is 9.37 Å². The fraction of sp³-hybridized carbons (Fsp3) is 0.188. The fourth-order valence-electron chi connectivity index (χ4n) is 2.04. The Morgan fingerprint density at radius 3 is 2.75 bits per heavy atom. The topological polar surface area (TPSA) is 38.1 Å². The van der Waals surface area contributed by atoms with Crippen LogP contribution < -0.4 is 5.32 Å². The maximum absolute atomic E-state index is 13.1. The molecule has 3 aromatic rings. The lowest BCUT2D eigenvalue weighted by atomic mass is 10.2. The van der Waals surface area contributed by atoms with E-state index in [1.54, 1.807) is 6.07 Å². The first-order chi connectivity index (χ1) is 9.70. The van der Waals surface area contributed by atoms with E-state index in [0.29, 0.717) is 23.4 Å². The first-order valence-electron chi connectivity index (χ1n) is 6.56. The normalized spacial score (nSPS) is 10.9. The average Bonchev–Trinajstić information content (AvgIpc) is 2.83. The fourth-order valence-corrected chi connectivity index (χ4v) is 2.04. The summed E-state index contributed by atoms with van der Waals surface area (Å²) in [5.41, 5.74) is 3.49. The molecule has 0 aliphatic carbocycles. The van der Waals surface area contributed by atoms with Crippen LogP contribution in [0.15, 0.2) is 46.9 Å². The molecule has 3 nitrogen and oxygen atoms in total. The molecular formula is C16H15FN2O. The molecule has 2 aromatic carbocycles. The molecule has 0 saturated carbocycles. The standard InChI is InChI=1S/C16H15FN2O/c1-11-2-5-13(6-3-11)18-9-8-16-19-14-7-4-12(17)10-15(14)20-16/h2-7,10,18H,8-9H2,1H3. The molecular weight excluding hydrogens is 255 g/mol. The van der Waals surface area contributed by atoms with E-state index in [2.05, 4.69) is 29.4 Å². The molecule has 0 saturated heterocycles. The van der Waals surface area contributed by atoms with Gasteiger partial charge in [0.25, 0.3) is 0 Å². The third-order valence-corrected chi connectivity index (χ3v) is 3.11. The highest BCUT2D eigenvalue weighted by Crippen LogP contribution is 2.17. The molecule has 1 N–H and O–H groups in total. The Hall–Kier alpha value is -2.36. The van der Waals surface area contributed by atoms with Gasteiger partial charge in [-0.15, -0.1) is 0 Å². The van der Waals surface area contributed by atoms with Gasteiger partial charge in [0.2, 0.25) is 0 Å². The summed E-state index contributed by atoms with van der Waals surface area (Å²) in [6.07, 6.45) is 0.657. The molecule has 0 spiro atoms. The van der Waals surface area contributed by atoms with Crippen LogP contribution in [-0.2, 0) is 6.42 Å². The highest BCUT2D eigenvalue weighted by Gasteiger charge is 2.06. The highest BCUT2D eigenvalue weighted by atomic mass is 19.1. The predicted molar refractivity (Wildman–Crippen MR) is 77.3 cm³/mol. The SMILES string of the molecule is Cc1ccc(NCCc2nc3ccc(F)cc3o2)cc1. The molecule has 0 aliphatic heterocycles. The molecule has 0 radical (unpaired) electrons. The van der Waals surface area contributed by atoms with Crippen LogP contribution in [0.5, 0.6) is 0 Å². The number of benzene rings is 2. The van der Waals surface area contributed by atoms with Crippen molar-refractivity contribution in [1.29, 1.82) is 0 Å². The van der Waals surface area contributed by atoms with Crippen LogP contribution in [0.3, 0.4) is 0 Å². The molecule has 0 fully saturated rings. The monoisotopic (exact) mass is 270 g/mol. The van der Waals surface area contributed by atoms with Crippen molar-refractivity contribution < 1.29 is 8.81 Å². The Bertz CT molecular complexity index is 719. The zero-order valence-corrected chi connectivity index (χ0v) is 11.2. The van der Waals surface area contributed by atoms with Crippen molar-refractivity contribution >= 4 is 16.8 Å². The Labute approximate surface area is 116 Å². The number of aryl methyl sites for hydroxylation is 1. The number of aromatic nitrogens is 1. The van der Waals surface area contributed by atoms with Gasteiger partial charge in [0.15, 0.2) is 11.5 Å². The van der Waals surface area contributed by atoms with Crippen LogP contribution in [-0.4, -0.2) is 11.5 Å². The minimum Gasteiger partial charge on any atom is -0.441 e. The number of rotatable bonds is 4. The van der Waals surface area contributed by atoms with Crippen molar-refractivity contribution in [3.63, 3.8) is 0 Å². The molecule has 0 aliphatic rings. The van der Waals surface area contributed by atoms with E-state index in [1.165, 1.54) is 17.7 Å². The second-order valence-electron chi connectivity index (χ2n) is 4.76. The minimum absolute atomic E-state index is 0.307. The molecule has 0 atom stereocenters. The quantitative estimate of drug-likeness (QED) is 0.780. The summed E-state index contributed by atoms with van der Waals surface area (Å²) in [6, 6.07) is 12.6. The van der Waals surface area contributed by atoms with Crippen LogP contribution in [0.25, 0.3) is 11.1 Å². The maximum Gasteiger partial charge on any atom is 0.197 e. The second-order valence-corrected chi connectivity index (χ2v) is 4.76. The van der Waals surface area contributed by atoms with Crippen LogP contribution >= 0.6 is 0 Å². The van der Waals surface area contributed by atoms with Gasteiger partial charge in [0.1, 0.15) is 11.3 Å². The van der Waals surface area contributed by atoms with Gasteiger partial charge in [0.05, 0.1) is 0 Å². The van der Waals surface area contributed by atoms with Gasteiger partial charge in [-0.3, -0.25) is 0 Å². The third kappa shape index (κ3) is 2.79. The number of hydrogen-bond acceptors (Lipinski definition) is 3. The first kappa shape index (κ1) is 12.7. The number of anilines is 1. The second kappa shape index (κ2) is 5.33. The van der Waals surface area contributed by atoms with E-state index in [4.69, 9.17) is 4.42 Å². The van der Waals surface area contributed by atoms with Crippen molar-refractivity contribution in [2.24, 2.45) is 0 Å². The van der Waals surface area contributed by atoms with Crippen LogP contribution in [0.1, 0.15) is 11.5 Å². The lowest BCUT2D eigenvalue weighted by Gasteiger charge is -2.04. The van der Waals surface area contributed by atoms with Crippen LogP contribution in [0.4, 0.5) is 10.1 Å². The van der Waals surface area contributed by atoms with E-state index in [-0.39, 0.29) is 5.82 Å². The molecule has 102 valence electrons. The Kier molecular flexibility index (Phi) is 3.37. The van der Waals surface area contributed by atoms with Crippen LogP contribution in [0, 0.1) is 12.7 Å². The van der Waals surface area contributed by atoms with Gasteiger partial charge >= 0.3 is 0 Å². The molecule has 1 aromatic heterocycles. The Balaban J connectivity index is 1.63. The zero-order chi connectivity index (χ0) is 13.9. The van der Waals surface area contributed by atoms with Gasteiger partial charge in [0, 0.05) is 24.7 Å². The molecule has 0 amide bonds. The number of oxazole rings is 1. The van der Waals surface area contributed by atoms with Gasteiger partial charge in [-0.2, -0.15) is 0 Å². The molecule has 3 rings (SSSR count). The summed E-state index contributed by atoms with van der Waals surface area (Å²) in [5.74, 6) is 0.309. The molecule has 4 heteroatoms. The number of halogens is 1. The summed E-state index contributed by atoms with van der Waals surface area (Å²) in [4.78, 5) is 4.33. The lowest BCUT2D eigenvalue weighted by Crippen LogP contribution is -2.04. The van der Waals surface area contributed by atoms with Crippen LogP contribution in [0.2, 0.25) is 0 Å². The van der Waals surface area contributed by atoms with E-state index in [1.807, 2.05) is 12.1 Å². The van der Waals surface area contributed by atoms with Gasteiger partial charge in [-0.1, -0.05) is 17.7 Å². The number of hydrogen-bond donors (Lipinski definition) is 1. The van der Waals surface area contributed by atoms with Crippen molar-refractivity contribution in [3.8, 4) is 0 Å². The summed E-state index contributed by atoms with van der Waals surface area (Å²) in [7, 11) is 0. The predicted octanol–water partition coefficient (Wildman–Crippen LogP) is 3.93. The van der Waals surface area contributed by atoms with Crippen molar-refractivity contribution in [2.75, 3.05) is 11.9 Å². The number of nitrogens with zero attached hydrogens (tertiary/aromatic N) is 1. The van der Waals surface area contributed by atoms with E-state index in [0.717, 1.165) is 12.2 Å². The lowest BCUT2D eigenvalue weighted by molar-refractivity contribution is 0.530. The molecule has 0 bridgehead atoms. The van der Waals surface area contributed by atoms with Gasteiger partial charge < -0.3 is 9.73 Å².